The van der Waals surface area contributed by atoms with Crippen molar-refractivity contribution in [1.29, 1.82) is 0 Å². The quantitative estimate of drug-likeness (QED) is 0.286. The van der Waals surface area contributed by atoms with Crippen molar-refractivity contribution in [3.8, 4) is 5.75 Å². The molecule has 0 aromatic carbocycles. The lowest BCUT2D eigenvalue weighted by molar-refractivity contribution is -0.295. The minimum Gasteiger partial charge on any atom is -0.506 e. The van der Waals surface area contributed by atoms with Crippen molar-refractivity contribution in [2.24, 2.45) is 23.7 Å². The number of nitrogens with zero attached hydrogens (tertiary/aromatic N) is 5. The van der Waals surface area contributed by atoms with Crippen molar-refractivity contribution in [3.63, 3.8) is 0 Å². The Morgan fingerprint density at radius 1 is 1.00 bits per heavy atom. The lowest BCUT2D eigenvalue weighted by Gasteiger charge is -2.48. The van der Waals surface area contributed by atoms with E-state index < -0.39 is 83.4 Å². The maximum atomic E-state index is 14.9. The van der Waals surface area contributed by atoms with Crippen molar-refractivity contribution in [1.82, 2.24) is 24.7 Å². The molecule has 60 heavy (non-hydrogen) atoms. The molecule has 4 fully saturated rings. The molecule has 2 N–H and O–H groups in total. The first-order chi connectivity index (χ1) is 28.2. The summed E-state index contributed by atoms with van der Waals surface area (Å²) in [6, 6.07) is 0.346. The summed E-state index contributed by atoms with van der Waals surface area (Å²) >= 11 is 0. The van der Waals surface area contributed by atoms with Crippen LogP contribution in [0.25, 0.3) is 11.0 Å². The molecule has 332 valence electrons. The number of aromatic nitrogens is 2. The maximum Gasteiger partial charge on any atom is 0.411 e. The highest BCUT2D eigenvalue weighted by molar-refractivity contribution is 6.00. The van der Waals surface area contributed by atoms with Gasteiger partial charge in [-0.25, -0.2) is 4.79 Å². The number of likely N-dealkylation sites (N-methyl/N-ethyl adjacent to an activating group) is 1. The standard InChI is InChI=1S/C44H65N5O11/c1-13-32-44(9)38(49(42(55)60-44)28-19-48(20-28)21-29-31(50)18-46-33-22(2)14-15-45-34(29)33)25(5)35(51)23(3)17-43(8,56-12)39(26(6)36(52)27(7)40(54)58-32)59-41-37(53)30(47(10)11)16-24(4)57-41/h14-15,18,23-28,30,32,37-39,41,50,53H,13,16-17,19-21H2,1-12H3/t23-,24-,25+,26+,27-,30+,32-,37-,38-,39-,41+,43-,44-/m1/s1. The van der Waals surface area contributed by atoms with E-state index >= 15 is 0 Å². The van der Waals surface area contributed by atoms with Crippen LogP contribution in [0.1, 0.15) is 85.8 Å². The first-order valence-electron chi connectivity index (χ1n) is 21.3. The molecule has 0 unspecified atom stereocenters. The molecule has 0 saturated carbocycles. The first kappa shape index (κ1) is 45.7. The smallest absolute Gasteiger partial charge is 0.411 e. The van der Waals surface area contributed by atoms with Crippen LogP contribution in [0.4, 0.5) is 4.79 Å². The van der Waals surface area contributed by atoms with Gasteiger partial charge in [-0.1, -0.05) is 27.7 Å². The second-order valence-electron chi connectivity index (χ2n) is 18.4. The van der Waals surface area contributed by atoms with Gasteiger partial charge in [0.1, 0.15) is 29.7 Å². The van der Waals surface area contributed by atoms with Crippen LogP contribution in [0.2, 0.25) is 0 Å². The highest BCUT2D eigenvalue weighted by atomic mass is 16.7. The van der Waals surface area contributed by atoms with Gasteiger partial charge < -0.3 is 38.8 Å². The lowest BCUT2D eigenvalue weighted by atomic mass is 9.73. The SMILES string of the molecule is CC[C@H]1OC(=O)[C@H](C)C(=O)[C@H](C)[C@@H](O[C@@H]2O[C@H](C)C[C@H](N(C)C)[C@H]2O)[C@](C)(OC)C[C@@H](C)C(=O)[C@H](C)[C@H]2N(C3CN(Cc4c(O)cnc5c(C)ccnc45)C3)C(=O)O[C@]12C. The van der Waals surface area contributed by atoms with Crippen LogP contribution in [0.15, 0.2) is 18.5 Å². The summed E-state index contributed by atoms with van der Waals surface area (Å²) < 4.78 is 31.4. The summed E-state index contributed by atoms with van der Waals surface area (Å²) in [6.45, 7) is 17.0. The van der Waals surface area contributed by atoms with E-state index in [-0.39, 0.29) is 42.6 Å². The molecule has 0 radical (unpaired) electrons. The topological polar surface area (TPSA) is 190 Å². The van der Waals surface area contributed by atoms with Gasteiger partial charge in [0.05, 0.1) is 47.1 Å². The number of aromatic hydroxyl groups is 1. The van der Waals surface area contributed by atoms with Crippen LogP contribution in [0.3, 0.4) is 0 Å². The number of ether oxygens (including phenoxy) is 5. The summed E-state index contributed by atoms with van der Waals surface area (Å²) in [5, 5.41) is 22.3. The average Bonchev–Trinajstić information content (AvgIpc) is 3.45. The van der Waals surface area contributed by atoms with Crippen LogP contribution >= 0.6 is 0 Å². The number of aliphatic hydroxyl groups is 1. The number of carbonyl (C=O) groups excluding carboxylic acids is 4. The van der Waals surface area contributed by atoms with E-state index in [2.05, 4.69) is 14.9 Å². The Morgan fingerprint density at radius 3 is 2.32 bits per heavy atom. The van der Waals surface area contributed by atoms with Crippen molar-refractivity contribution >= 4 is 34.7 Å². The highest BCUT2D eigenvalue weighted by Crippen LogP contribution is 2.45. The summed E-state index contributed by atoms with van der Waals surface area (Å²) in [4.78, 5) is 71.9. The van der Waals surface area contributed by atoms with Gasteiger partial charge in [-0.05, 0) is 79.6 Å². The van der Waals surface area contributed by atoms with E-state index in [0.29, 0.717) is 42.7 Å². The normalized spacial score (nSPS) is 37.8. The zero-order valence-corrected chi connectivity index (χ0v) is 37.2. The predicted octanol–water partition coefficient (Wildman–Crippen LogP) is 4.03. The number of methoxy groups -OCH3 is 1. The Labute approximate surface area is 353 Å². The van der Waals surface area contributed by atoms with Gasteiger partial charge >= 0.3 is 12.1 Å². The maximum absolute atomic E-state index is 14.9. The van der Waals surface area contributed by atoms with Gasteiger partial charge in [0, 0.05) is 62.3 Å². The van der Waals surface area contributed by atoms with E-state index in [4.69, 9.17) is 23.7 Å². The molecule has 1 amide bonds. The number of amides is 1. The van der Waals surface area contributed by atoms with Crippen LogP contribution in [-0.4, -0.2) is 153 Å². The molecule has 16 heteroatoms. The second kappa shape index (κ2) is 17.5. The highest BCUT2D eigenvalue weighted by Gasteiger charge is 2.62. The van der Waals surface area contributed by atoms with Crippen molar-refractivity contribution in [2.75, 3.05) is 34.3 Å². The van der Waals surface area contributed by atoms with Gasteiger partial charge in [-0.15, -0.1) is 0 Å². The summed E-state index contributed by atoms with van der Waals surface area (Å²) in [5.41, 5.74) is 0.106. The lowest BCUT2D eigenvalue weighted by Crippen LogP contribution is -2.65. The van der Waals surface area contributed by atoms with Gasteiger partial charge in [0.15, 0.2) is 17.7 Å². The van der Waals surface area contributed by atoms with Crippen LogP contribution in [0, 0.1) is 30.6 Å². The molecular weight excluding hydrogens is 775 g/mol. The molecule has 4 aliphatic rings. The van der Waals surface area contributed by atoms with Crippen LogP contribution in [0.5, 0.6) is 5.75 Å². The molecule has 16 nitrogen and oxygen atoms in total. The number of ketones is 2. The third-order valence-corrected chi connectivity index (χ3v) is 13.9. The number of hydrogen-bond acceptors (Lipinski definition) is 15. The molecule has 13 atom stereocenters. The predicted molar refractivity (Wildman–Crippen MR) is 220 cm³/mol. The number of likely N-dealkylation sites (tertiary alicyclic amines) is 1. The zero-order chi connectivity index (χ0) is 44.2. The Morgan fingerprint density at radius 2 is 1.68 bits per heavy atom. The number of carbonyl (C=O) groups is 4. The Kier molecular flexibility index (Phi) is 13.4. The molecule has 4 saturated heterocycles. The summed E-state index contributed by atoms with van der Waals surface area (Å²) in [6.07, 6.45) is -1.16. The Balaban J connectivity index is 1.33. The van der Waals surface area contributed by atoms with E-state index in [1.807, 2.05) is 45.8 Å². The molecular formula is C44H65N5O11. The molecule has 0 spiro atoms. The molecule has 2 aromatic heterocycles. The number of hydrogen-bond donors (Lipinski definition) is 2. The molecule has 6 heterocycles. The van der Waals surface area contributed by atoms with Crippen molar-refractivity contribution in [3.05, 3.63) is 29.6 Å². The number of aryl methyl sites for hydroxylation is 1. The molecule has 0 aliphatic carbocycles. The minimum atomic E-state index is -1.46. The number of fused-ring (bicyclic) bond motifs is 2. The number of aliphatic hydroxyl groups excluding tert-OH is 1. The minimum absolute atomic E-state index is 0.0246. The third kappa shape index (κ3) is 8.27. The molecule has 0 bridgehead atoms. The van der Waals surface area contributed by atoms with Crippen molar-refractivity contribution in [2.45, 2.75) is 148 Å². The fourth-order valence-electron chi connectivity index (χ4n) is 10.3. The number of rotatable bonds is 8. The van der Waals surface area contributed by atoms with Gasteiger partial charge in [0.25, 0.3) is 0 Å². The number of pyridine rings is 2. The Hall–Kier alpha value is -3.80. The average molecular weight is 840 g/mol. The molecule has 4 aliphatic heterocycles. The van der Waals surface area contributed by atoms with Gasteiger partial charge in [-0.3, -0.25) is 34.2 Å². The monoisotopic (exact) mass is 839 g/mol. The second-order valence-corrected chi connectivity index (χ2v) is 18.4. The third-order valence-electron chi connectivity index (χ3n) is 13.9. The van der Waals surface area contributed by atoms with Crippen LogP contribution in [-0.2, 0) is 44.6 Å². The first-order valence-corrected chi connectivity index (χ1v) is 21.3. The van der Waals surface area contributed by atoms with Gasteiger partial charge in [-0.2, -0.15) is 0 Å². The Bertz CT molecular complexity index is 1940. The van der Waals surface area contributed by atoms with E-state index in [1.165, 1.54) is 20.2 Å². The van der Waals surface area contributed by atoms with E-state index in [0.717, 1.165) is 5.56 Å². The number of Topliss-reactive ketones (excluding diaryl/α,β-unsaturated/α-hetero) is 2. The fourth-order valence-corrected chi connectivity index (χ4v) is 10.3. The number of esters is 1. The summed E-state index contributed by atoms with van der Waals surface area (Å²) in [5.74, 6) is -5.12. The molecule has 2 aromatic rings. The fraction of sp³-hybridized carbons (Fsp3) is 0.727. The number of cyclic esters (lactones) is 1. The summed E-state index contributed by atoms with van der Waals surface area (Å²) in [7, 11) is 5.22. The van der Waals surface area contributed by atoms with Gasteiger partial charge in [0.2, 0.25) is 0 Å². The largest absolute Gasteiger partial charge is 0.506 e. The zero-order valence-electron chi connectivity index (χ0n) is 37.2. The van der Waals surface area contributed by atoms with E-state index in [9.17, 15) is 29.4 Å². The van der Waals surface area contributed by atoms with E-state index in [1.54, 1.807) is 45.7 Å². The van der Waals surface area contributed by atoms with Crippen molar-refractivity contribution < 1.29 is 53.1 Å². The van der Waals surface area contributed by atoms with Crippen LogP contribution < -0.4 is 0 Å². The molecule has 6 rings (SSSR count).